The molecule has 2 fully saturated rings. The first-order chi connectivity index (χ1) is 7.57. The van der Waals surface area contributed by atoms with E-state index in [-0.39, 0.29) is 11.6 Å². The van der Waals surface area contributed by atoms with E-state index in [1.54, 1.807) is 0 Å². The standard InChI is InChI=1S/C12H22N2O2/c1-12(5-7-14(2)8-6-12)13-11(15)16-9-10-3-4-10/h10H,3-9H2,1-2H3,(H,13,15). The molecule has 1 amide bonds. The Morgan fingerprint density at radius 2 is 2.06 bits per heavy atom. The van der Waals surface area contributed by atoms with Crippen LogP contribution in [0.2, 0.25) is 0 Å². The van der Waals surface area contributed by atoms with Crippen LogP contribution in [0.25, 0.3) is 0 Å². The van der Waals surface area contributed by atoms with E-state index >= 15 is 0 Å². The van der Waals surface area contributed by atoms with Crippen molar-refractivity contribution in [3.05, 3.63) is 0 Å². The third kappa shape index (κ3) is 3.37. The first-order valence-electron chi connectivity index (χ1n) is 6.21. The quantitative estimate of drug-likeness (QED) is 0.795. The van der Waals surface area contributed by atoms with Crippen LogP contribution in [0.15, 0.2) is 0 Å². The lowest BCUT2D eigenvalue weighted by Crippen LogP contribution is -2.52. The van der Waals surface area contributed by atoms with Crippen LogP contribution in [0.5, 0.6) is 0 Å². The molecular weight excluding hydrogens is 204 g/mol. The van der Waals surface area contributed by atoms with Gasteiger partial charge >= 0.3 is 6.09 Å². The molecule has 1 heterocycles. The van der Waals surface area contributed by atoms with Gasteiger partial charge in [0.05, 0.1) is 6.61 Å². The summed E-state index contributed by atoms with van der Waals surface area (Å²) >= 11 is 0. The highest BCUT2D eigenvalue weighted by Crippen LogP contribution is 2.29. The summed E-state index contributed by atoms with van der Waals surface area (Å²) in [5, 5.41) is 3.01. The van der Waals surface area contributed by atoms with Crippen molar-refractivity contribution >= 4 is 6.09 Å². The molecule has 1 N–H and O–H groups in total. The molecule has 0 atom stereocenters. The predicted octanol–water partition coefficient (Wildman–Crippen LogP) is 1.61. The fourth-order valence-corrected chi connectivity index (χ4v) is 2.00. The predicted molar refractivity (Wildman–Crippen MR) is 62.3 cm³/mol. The van der Waals surface area contributed by atoms with E-state index in [0.717, 1.165) is 25.9 Å². The zero-order valence-corrected chi connectivity index (χ0v) is 10.3. The molecule has 0 aromatic heterocycles. The van der Waals surface area contributed by atoms with Crippen molar-refractivity contribution < 1.29 is 9.53 Å². The van der Waals surface area contributed by atoms with E-state index in [1.807, 2.05) is 0 Å². The average Bonchev–Trinajstić information content (AvgIpc) is 3.04. The van der Waals surface area contributed by atoms with Crippen molar-refractivity contribution in [2.24, 2.45) is 5.92 Å². The van der Waals surface area contributed by atoms with Gasteiger partial charge in [0, 0.05) is 18.6 Å². The average molecular weight is 226 g/mol. The second-order valence-corrected chi connectivity index (χ2v) is 5.53. The third-order valence-electron chi connectivity index (χ3n) is 3.64. The van der Waals surface area contributed by atoms with Gasteiger partial charge in [-0.2, -0.15) is 0 Å². The number of nitrogens with zero attached hydrogens (tertiary/aromatic N) is 1. The molecule has 92 valence electrons. The van der Waals surface area contributed by atoms with Crippen LogP contribution in [0.4, 0.5) is 4.79 Å². The highest BCUT2D eigenvalue weighted by molar-refractivity contribution is 5.68. The number of hydrogen-bond acceptors (Lipinski definition) is 3. The van der Waals surface area contributed by atoms with Gasteiger partial charge in [0.25, 0.3) is 0 Å². The molecule has 1 saturated heterocycles. The van der Waals surface area contributed by atoms with Crippen LogP contribution >= 0.6 is 0 Å². The number of rotatable bonds is 3. The van der Waals surface area contributed by atoms with Gasteiger partial charge in [0.15, 0.2) is 0 Å². The minimum Gasteiger partial charge on any atom is -0.449 e. The Labute approximate surface area is 97.3 Å². The molecule has 2 aliphatic rings. The highest BCUT2D eigenvalue weighted by atomic mass is 16.5. The largest absolute Gasteiger partial charge is 0.449 e. The van der Waals surface area contributed by atoms with Crippen molar-refractivity contribution in [2.75, 3.05) is 26.7 Å². The summed E-state index contributed by atoms with van der Waals surface area (Å²) in [6.45, 7) is 4.79. The third-order valence-corrected chi connectivity index (χ3v) is 3.64. The zero-order chi connectivity index (χ0) is 11.6. The van der Waals surface area contributed by atoms with E-state index < -0.39 is 0 Å². The fourth-order valence-electron chi connectivity index (χ4n) is 2.00. The summed E-state index contributed by atoms with van der Waals surface area (Å²) in [6.07, 6.45) is 4.20. The molecule has 2 rings (SSSR count). The van der Waals surface area contributed by atoms with E-state index in [0.29, 0.717) is 12.5 Å². The van der Waals surface area contributed by atoms with Gasteiger partial charge in [-0.25, -0.2) is 4.79 Å². The summed E-state index contributed by atoms with van der Waals surface area (Å²) < 4.78 is 5.20. The lowest BCUT2D eigenvalue weighted by molar-refractivity contribution is 0.112. The number of likely N-dealkylation sites (tertiary alicyclic amines) is 1. The lowest BCUT2D eigenvalue weighted by Gasteiger charge is -2.38. The number of carbonyl (C=O) groups excluding carboxylic acids is 1. The normalized spacial score (nSPS) is 25.1. The highest BCUT2D eigenvalue weighted by Gasteiger charge is 2.31. The Morgan fingerprint density at radius 3 is 2.62 bits per heavy atom. The number of amides is 1. The number of piperidine rings is 1. The number of carbonyl (C=O) groups is 1. The van der Waals surface area contributed by atoms with Gasteiger partial charge in [-0.3, -0.25) is 0 Å². The van der Waals surface area contributed by atoms with Crippen LogP contribution in [-0.2, 0) is 4.74 Å². The van der Waals surface area contributed by atoms with Crippen LogP contribution in [-0.4, -0.2) is 43.3 Å². The Morgan fingerprint density at radius 1 is 1.44 bits per heavy atom. The van der Waals surface area contributed by atoms with E-state index in [4.69, 9.17) is 4.74 Å². The number of ether oxygens (including phenoxy) is 1. The molecule has 4 nitrogen and oxygen atoms in total. The molecule has 0 aromatic carbocycles. The Bertz CT molecular complexity index is 256. The smallest absolute Gasteiger partial charge is 0.407 e. The topological polar surface area (TPSA) is 41.6 Å². The summed E-state index contributed by atoms with van der Waals surface area (Å²) in [5.41, 5.74) is -0.0762. The maximum absolute atomic E-state index is 11.6. The van der Waals surface area contributed by atoms with Crippen LogP contribution in [0.3, 0.4) is 0 Å². The van der Waals surface area contributed by atoms with Gasteiger partial charge < -0.3 is 15.0 Å². The minimum atomic E-state index is -0.237. The van der Waals surface area contributed by atoms with Gasteiger partial charge in [-0.15, -0.1) is 0 Å². The molecule has 0 bridgehead atoms. The molecule has 16 heavy (non-hydrogen) atoms. The molecular formula is C12H22N2O2. The lowest BCUT2D eigenvalue weighted by atomic mass is 9.90. The second kappa shape index (κ2) is 4.62. The molecule has 1 aliphatic heterocycles. The van der Waals surface area contributed by atoms with Crippen LogP contribution in [0.1, 0.15) is 32.6 Å². The molecule has 1 saturated carbocycles. The molecule has 0 radical (unpaired) electrons. The number of hydrogen-bond donors (Lipinski definition) is 1. The number of alkyl carbamates (subject to hydrolysis) is 1. The van der Waals surface area contributed by atoms with E-state index in [1.165, 1.54) is 12.8 Å². The van der Waals surface area contributed by atoms with Crippen molar-refractivity contribution in [1.82, 2.24) is 10.2 Å². The molecule has 0 unspecified atom stereocenters. The Hall–Kier alpha value is -0.770. The molecule has 4 heteroatoms. The molecule has 1 aliphatic carbocycles. The first kappa shape index (κ1) is 11.7. The summed E-state index contributed by atoms with van der Waals surface area (Å²) in [4.78, 5) is 13.9. The summed E-state index contributed by atoms with van der Waals surface area (Å²) in [7, 11) is 2.12. The van der Waals surface area contributed by atoms with Gasteiger partial charge in [0.1, 0.15) is 0 Å². The van der Waals surface area contributed by atoms with Gasteiger partial charge in [-0.1, -0.05) is 0 Å². The zero-order valence-electron chi connectivity index (χ0n) is 10.3. The Balaban J connectivity index is 1.71. The summed E-state index contributed by atoms with van der Waals surface area (Å²) in [6, 6.07) is 0. The van der Waals surface area contributed by atoms with Crippen LogP contribution in [0, 0.1) is 5.92 Å². The number of nitrogens with one attached hydrogen (secondary N) is 1. The van der Waals surface area contributed by atoms with E-state index in [9.17, 15) is 4.79 Å². The van der Waals surface area contributed by atoms with Crippen LogP contribution < -0.4 is 5.32 Å². The molecule has 0 aromatic rings. The maximum Gasteiger partial charge on any atom is 0.407 e. The maximum atomic E-state index is 11.6. The van der Waals surface area contributed by atoms with E-state index in [2.05, 4.69) is 24.2 Å². The minimum absolute atomic E-state index is 0.0762. The fraction of sp³-hybridized carbons (Fsp3) is 0.917. The summed E-state index contributed by atoms with van der Waals surface area (Å²) in [5.74, 6) is 0.635. The second-order valence-electron chi connectivity index (χ2n) is 5.53. The SMILES string of the molecule is CN1CCC(C)(NC(=O)OCC2CC2)CC1. The Kier molecular flexibility index (Phi) is 3.38. The molecule has 0 spiro atoms. The van der Waals surface area contributed by atoms with Crippen molar-refractivity contribution in [1.29, 1.82) is 0 Å². The van der Waals surface area contributed by atoms with Gasteiger partial charge in [-0.05, 0) is 45.6 Å². The van der Waals surface area contributed by atoms with Crippen molar-refractivity contribution in [3.8, 4) is 0 Å². The monoisotopic (exact) mass is 226 g/mol. The van der Waals surface area contributed by atoms with Gasteiger partial charge in [0.2, 0.25) is 0 Å². The van der Waals surface area contributed by atoms with Crippen molar-refractivity contribution in [3.63, 3.8) is 0 Å². The van der Waals surface area contributed by atoms with Crippen molar-refractivity contribution in [2.45, 2.75) is 38.1 Å². The first-order valence-corrected chi connectivity index (χ1v) is 6.21.